The van der Waals surface area contributed by atoms with Gasteiger partial charge in [0.15, 0.2) is 0 Å². The average molecular weight is 274 g/mol. The van der Waals surface area contributed by atoms with E-state index >= 15 is 0 Å². The Hall–Kier alpha value is -2.04. The largest absolute Gasteiger partial charge is 0.465 e. The zero-order valence-electron chi connectivity index (χ0n) is 12.7. The standard InChI is InChI=1S/C15H22N4O/c1-10-6-7-11(20-10)9-17-13-8-12(16-5)18-14(19-13)15(2,3)4/h6-8H,9H2,1-5H3,(H2,16,17,18,19). The molecule has 0 fully saturated rings. The molecule has 0 saturated carbocycles. The second-order valence-corrected chi connectivity index (χ2v) is 5.83. The molecule has 108 valence electrons. The molecular formula is C15H22N4O. The normalized spacial score (nSPS) is 11.4. The fourth-order valence-corrected chi connectivity index (χ4v) is 1.76. The van der Waals surface area contributed by atoms with E-state index in [9.17, 15) is 0 Å². The molecule has 0 unspecified atom stereocenters. The first kappa shape index (κ1) is 14.4. The van der Waals surface area contributed by atoms with Gasteiger partial charge in [-0.2, -0.15) is 0 Å². The summed E-state index contributed by atoms with van der Waals surface area (Å²) < 4.78 is 5.54. The molecule has 0 aliphatic carbocycles. The number of nitrogens with one attached hydrogen (secondary N) is 2. The van der Waals surface area contributed by atoms with E-state index in [1.807, 2.05) is 32.2 Å². The number of rotatable bonds is 4. The van der Waals surface area contributed by atoms with Gasteiger partial charge in [0.1, 0.15) is 29.0 Å². The highest BCUT2D eigenvalue weighted by Gasteiger charge is 2.19. The second-order valence-electron chi connectivity index (χ2n) is 5.83. The van der Waals surface area contributed by atoms with Crippen LogP contribution in [-0.4, -0.2) is 17.0 Å². The first-order chi connectivity index (χ1) is 9.38. The highest BCUT2D eigenvalue weighted by molar-refractivity contribution is 5.48. The van der Waals surface area contributed by atoms with Crippen molar-refractivity contribution in [2.45, 2.75) is 39.7 Å². The first-order valence-electron chi connectivity index (χ1n) is 6.75. The molecule has 2 aromatic rings. The van der Waals surface area contributed by atoms with Crippen LogP contribution < -0.4 is 10.6 Å². The molecule has 2 rings (SSSR count). The summed E-state index contributed by atoms with van der Waals surface area (Å²) in [6.45, 7) is 8.84. The summed E-state index contributed by atoms with van der Waals surface area (Å²) >= 11 is 0. The lowest BCUT2D eigenvalue weighted by atomic mass is 9.96. The van der Waals surface area contributed by atoms with Crippen molar-refractivity contribution in [3.05, 3.63) is 35.5 Å². The van der Waals surface area contributed by atoms with Crippen LogP contribution in [0.5, 0.6) is 0 Å². The molecule has 2 heterocycles. The molecular weight excluding hydrogens is 252 g/mol. The van der Waals surface area contributed by atoms with Gasteiger partial charge >= 0.3 is 0 Å². The summed E-state index contributed by atoms with van der Waals surface area (Å²) in [4.78, 5) is 9.07. The molecule has 0 aromatic carbocycles. The monoisotopic (exact) mass is 274 g/mol. The third-order valence-corrected chi connectivity index (χ3v) is 2.89. The number of hydrogen-bond acceptors (Lipinski definition) is 5. The van der Waals surface area contributed by atoms with Crippen molar-refractivity contribution in [2.75, 3.05) is 17.7 Å². The van der Waals surface area contributed by atoms with Crippen LogP contribution in [0.1, 0.15) is 38.1 Å². The first-order valence-corrected chi connectivity index (χ1v) is 6.75. The predicted molar refractivity (Wildman–Crippen MR) is 81.1 cm³/mol. The van der Waals surface area contributed by atoms with Crippen LogP contribution >= 0.6 is 0 Å². The Balaban J connectivity index is 2.18. The van der Waals surface area contributed by atoms with E-state index in [0.717, 1.165) is 29.0 Å². The van der Waals surface area contributed by atoms with Gasteiger partial charge < -0.3 is 15.1 Å². The Morgan fingerprint density at radius 1 is 1.15 bits per heavy atom. The van der Waals surface area contributed by atoms with Crippen LogP contribution in [0.15, 0.2) is 22.6 Å². The van der Waals surface area contributed by atoms with Crippen LogP contribution in [0.3, 0.4) is 0 Å². The van der Waals surface area contributed by atoms with Crippen molar-refractivity contribution in [1.29, 1.82) is 0 Å². The van der Waals surface area contributed by atoms with E-state index in [-0.39, 0.29) is 5.41 Å². The predicted octanol–water partition coefficient (Wildman–Crippen LogP) is 3.33. The van der Waals surface area contributed by atoms with Crippen molar-refractivity contribution in [1.82, 2.24) is 9.97 Å². The van der Waals surface area contributed by atoms with Crippen LogP contribution in [0.2, 0.25) is 0 Å². The van der Waals surface area contributed by atoms with Crippen LogP contribution in [0.4, 0.5) is 11.6 Å². The Morgan fingerprint density at radius 3 is 2.40 bits per heavy atom. The molecule has 0 saturated heterocycles. The summed E-state index contributed by atoms with van der Waals surface area (Å²) in [5.74, 6) is 4.22. The van der Waals surface area contributed by atoms with Crippen LogP contribution in [0.25, 0.3) is 0 Å². The van der Waals surface area contributed by atoms with Gasteiger partial charge in [-0.15, -0.1) is 0 Å². The molecule has 0 aliphatic rings. The van der Waals surface area contributed by atoms with Gasteiger partial charge in [0.05, 0.1) is 6.54 Å². The number of aryl methyl sites for hydroxylation is 1. The number of hydrogen-bond donors (Lipinski definition) is 2. The van der Waals surface area contributed by atoms with Gasteiger partial charge in [-0.05, 0) is 19.1 Å². The molecule has 0 amide bonds. The topological polar surface area (TPSA) is 63.0 Å². The van der Waals surface area contributed by atoms with Crippen molar-refractivity contribution in [3.8, 4) is 0 Å². The van der Waals surface area contributed by atoms with Gasteiger partial charge in [0, 0.05) is 18.5 Å². The number of furan rings is 1. The minimum atomic E-state index is -0.0927. The molecule has 0 radical (unpaired) electrons. The average Bonchev–Trinajstić information content (AvgIpc) is 2.81. The molecule has 2 aromatic heterocycles. The van der Waals surface area contributed by atoms with E-state index in [0.29, 0.717) is 6.54 Å². The Labute approximate surface area is 119 Å². The highest BCUT2D eigenvalue weighted by Crippen LogP contribution is 2.22. The third kappa shape index (κ3) is 3.50. The fourth-order valence-electron chi connectivity index (χ4n) is 1.76. The molecule has 2 N–H and O–H groups in total. The zero-order chi connectivity index (χ0) is 14.8. The summed E-state index contributed by atoms with van der Waals surface area (Å²) in [7, 11) is 1.86. The Bertz CT molecular complexity index is 584. The summed E-state index contributed by atoms with van der Waals surface area (Å²) in [6.07, 6.45) is 0. The quantitative estimate of drug-likeness (QED) is 0.895. The molecule has 0 atom stereocenters. The van der Waals surface area contributed by atoms with E-state index in [1.165, 1.54) is 0 Å². The van der Waals surface area contributed by atoms with E-state index in [4.69, 9.17) is 4.42 Å². The van der Waals surface area contributed by atoms with Gasteiger partial charge in [-0.25, -0.2) is 9.97 Å². The summed E-state index contributed by atoms with van der Waals surface area (Å²) in [5.41, 5.74) is -0.0927. The van der Waals surface area contributed by atoms with Crippen molar-refractivity contribution < 1.29 is 4.42 Å². The smallest absolute Gasteiger partial charge is 0.138 e. The lowest BCUT2D eigenvalue weighted by Gasteiger charge is -2.18. The molecule has 5 nitrogen and oxygen atoms in total. The van der Waals surface area contributed by atoms with Crippen molar-refractivity contribution in [3.63, 3.8) is 0 Å². The number of anilines is 2. The lowest BCUT2D eigenvalue weighted by molar-refractivity contribution is 0.490. The molecule has 0 bridgehead atoms. The van der Waals surface area contributed by atoms with E-state index in [1.54, 1.807) is 0 Å². The highest BCUT2D eigenvalue weighted by atomic mass is 16.3. The van der Waals surface area contributed by atoms with Crippen molar-refractivity contribution >= 4 is 11.6 Å². The van der Waals surface area contributed by atoms with Crippen LogP contribution in [0, 0.1) is 6.92 Å². The molecule has 20 heavy (non-hydrogen) atoms. The van der Waals surface area contributed by atoms with Gasteiger partial charge in [-0.1, -0.05) is 20.8 Å². The minimum absolute atomic E-state index is 0.0927. The maximum absolute atomic E-state index is 5.54. The Kier molecular flexibility index (Phi) is 3.97. The summed E-state index contributed by atoms with van der Waals surface area (Å²) in [5, 5.41) is 6.34. The third-order valence-electron chi connectivity index (χ3n) is 2.89. The molecule has 5 heteroatoms. The number of nitrogens with zero attached hydrogens (tertiary/aromatic N) is 2. The number of aromatic nitrogens is 2. The maximum Gasteiger partial charge on any atom is 0.138 e. The van der Waals surface area contributed by atoms with Gasteiger partial charge in [0.25, 0.3) is 0 Å². The fraction of sp³-hybridized carbons (Fsp3) is 0.467. The minimum Gasteiger partial charge on any atom is -0.465 e. The van der Waals surface area contributed by atoms with Gasteiger partial charge in [0.2, 0.25) is 0 Å². The molecule has 0 aliphatic heterocycles. The second kappa shape index (κ2) is 5.53. The van der Waals surface area contributed by atoms with E-state index < -0.39 is 0 Å². The van der Waals surface area contributed by atoms with Crippen molar-refractivity contribution in [2.24, 2.45) is 0 Å². The van der Waals surface area contributed by atoms with Gasteiger partial charge in [-0.3, -0.25) is 0 Å². The van der Waals surface area contributed by atoms with E-state index in [2.05, 4.69) is 41.4 Å². The van der Waals surface area contributed by atoms with Crippen LogP contribution in [-0.2, 0) is 12.0 Å². The molecule has 0 spiro atoms. The maximum atomic E-state index is 5.54. The zero-order valence-corrected chi connectivity index (χ0v) is 12.7. The summed E-state index contributed by atoms with van der Waals surface area (Å²) in [6, 6.07) is 5.81. The lowest BCUT2D eigenvalue weighted by Crippen LogP contribution is -2.18. The SMILES string of the molecule is CNc1cc(NCc2ccc(C)o2)nc(C(C)(C)C)n1. The Morgan fingerprint density at radius 2 is 1.85 bits per heavy atom.